The van der Waals surface area contributed by atoms with E-state index in [9.17, 15) is 4.79 Å². The molecular formula is C23H35NO2. The molecular weight excluding hydrogens is 322 g/mol. The number of carbonyl (C=O) groups is 1. The Morgan fingerprint density at radius 2 is 2.04 bits per heavy atom. The van der Waals surface area contributed by atoms with Crippen LogP contribution in [-0.4, -0.2) is 12.5 Å². The van der Waals surface area contributed by atoms with Gasteiger partial charge >= 0.3 is 0 Å². The van der Waals surface area contributed by atoms with Gasteiger partial charge in [0, 0.05) is 0 Å². The number of aryl methyl sites for hydroxylation is 1. The molecule has 0 aromatic heterocycles. The van der Waals surface area contributed by atoms with Crippen molar-refractivity contribution in [2.45, 2.75) is 72.6 Å². The minimum absolute atomic E-state index is 0.388. The van der Waals surface area contributed by atoms with Gasteiger partial charge in [-0.1, -0.05) is 34.1 Å². The van der Waals surface area contributed by atoms with Crippen LogP contribution >= 0.6 is 0 Å². The molecule has 2 aliphatic rings. The maximum atomic E-state index is 11.9. The van der Waals surface area contributed by atoms with Gasteiger partial charge < -0.3 is 10.5 Å². The first-order valence-electron chi connectivity index (χ1n) is 10.4. The van der Waals surface area contributed by atoms with Crippen molar-refractivity contribution in [1.82, 2.24) is 0 Å². The summed E-state index contributed by atoms with van der Waals surface area (Å²) in [5.41, 5.74) is 9.31. The Balaban J connectivity index is 2.02. The predicted octanol–water partition coefficient (Wildman–Crippen LogP) is 5.31. The van der Waals surface area contributed by atoms with Crippen LogP contribution in [0.3, 0.4) is 0 Å². The first-order chi connectivity index (χ1) is 12.3. The molecule has 0 aliphatic heterocycles. The lowest BCUT2D eigenvalue weighted by Crippen LogP contribution is -2.45. The molecule has 3 nitrogen and oxygen atoms in total. The van der Waals surface area contributed by atoms with Crippen molar-refractivity contribution in [2.75, 3.05) is 6.61 Å². The zero-order valence-corrected chi connectivity index (χ0v) is 17.1. The third-order valence-electron chi connectivity index (χ3n) is 7.59. The van der Waals surface area contributed by atoms with Gasteiger partial charge in [-0.3, -0.25) is 4.79 Å². The fourth-order valence-corrected chi connectivity index (χ4v) is 5.90. The second kappa shape index (κ2) is 7.25. The Morgan fingerprint density at radius 1 is 1.31 bits per heavy atom. The Bertz CT molecular complexity index is 681. The predicted molar refractivity (Wildman–Crippen MR) is 107 cm³/mol. The largest absolute Gasteiger partial charge is 0.493 e. The molecule has 3 heteroatoms. The molecule has 1 aromatic carbocycles. The van der Waals surface area contributed by atoms with E-state index in [0.29, 0.717) is 35.2 Å². The summed E-state index contributed by atoms with van der Waals surface area (Å²) in [6.07, 6.45) is 6.05. The Morgan fingerprint density at radius 3 is 2.62 bits per heavy atom. The van der Waals surface area contributed by atoms with Gasteiger partial charge in [-0.25, -0.2) is 0 Å². The fraction of sp³-hybridized carbons (Fsp3) is 0.696. The van der Waals surface area contributed by atoms with Gasteiger partial charge in [-0.15, -0.1) is 0 Å². The maximum absolute atomic E-state index is 11.9. The topological polar surface area (TPSA) is 52.3 Å². The second-order valence-corrected chi connectivity index (χ2v) is 8.87. The van der Waals surface area contributed by atoms with E-state index in [0.717, 1.165) is 18.3 Å². The van der Waals surface area contributed by atoms with Crippen molar-refractivity contribution in [2.24, 2.45) is 28.9 Å². The summed E-state index contributed by atoms with van der Waals surface area (Å²) in [7, 11) is 0. The van der Waals surface area contributed by atoms with Crippen LogP contribution in [-0.2, 0) is 6.42 Å². The minimum Gasteiger partial charge on any atom is -0.493 e. The van der Waals surface area contributed by atoms with E-state index < -0.39 is 0 Å². The molecule has 1 saturated carbocycles. The molecule has 0 radical (unpaired) electrons. The SMILES string of the molecule is CCOc1cc2c(cc1C(N)=O)CCC1C2CCC(C)(C(C)C)C1CC. The highest BCUT2D eigenvalue weighted by Gasteiger charge is 2.48. The molecule has 3 rings (SSSR count). The van der Waals surface area contributed by atoms with Crippen molar-refractivity contribution < 1.29 is 9.53 Å². The molecule has 1 aromatic rings. The molecule has 0 bridgehead atoms. The number of nitrogens with two attached hydrogens (primary N) is 1. The van der Waals surface area contributed by atoms with Gasteiger partial charge in [0.25, 0.3) is 5.91 Å². The molecule has 1 amide bonds. The first-order valence-corrected chi connectivity index (χ1v) is 10.4. The molecule has 0 spiro atoms. The van der Waals surface area contributed by atoms with Gasteiger partial charge in [0.15, 0.2) is 0 Å². The number of rotatable bonds is 5. The van der Waals surface area contributed by atoms with Crippen molar-refractivity contribution >= 4 is 5.91 Å². The number of hydrogen-bond donors (Lipinski definition) is 1. The summed E-state index contributed by atoms with van der Waals surface area (Å²) in [4.78, 5) is 11.9. The van der Waals surface area contributed by atoms with Crippen LogP contribution in [0, 0.1) is 23.2 Å². The summed E-state index contributed by atoms with van der Waals surface area (Å²) in [5.74, 6) is 3.09. The van der Waals surface area contributed by atoms with Crippen LogP contribution in [0.4, 0.5) is 0 Å². The van der Waals surface area contributed by atoms with Gasteiger partial charge in [-0.2, -0.15) is 0 Å². The number of fused-ring (bicyclic) bond motifs is 3. The summed E-state index contributed by atoms with van der Waals surface area (Å²) in [6, 6.07) is 4.15. The molecule has 4 unspecified atom stereocenters. The van der Waals surface area contributed by atoms with Gasteiger partial charge in [0.2, 0.25) is 0 Å². The lowest BCUT2D eigenvalue weighted by molar-refractivity contribution is -0.00747. The Labute approximate surface area is 158 Å². The number of benzene rings is 1. The van der Waals surface area contributed by atoms with E-state index in [1.165, 1.54) is 36.8 Å². The summed E-state index contributed by atoms with van der Waals surface area (Å²) in [6.45, 7) is 12.2. The van der Waals surface area contributed by atoms with E-state index in [2.05, 4.69) is 33.8 Å². The van der Waals surface area contributed by atoms with Crippen molar-refractivity contribution in [3.8, 4) is 5.75 Å². The normalized spacial score (nSPS) is 30.6. The van der Waals surface area contributed by atoms with E-state index in [1.54, 1.807) is 0 Å². The highest BCUT2D eigenvalue weighted by Crippen LogP contribution is 2.58. The molecule has 144 valence electrons. The summed E-state index contributed by atoms with van der Waals surface area (Å²) >= 11 is 0. The van der Waals surface area contributed by atoms with Crippen LogP contribution in [0.1, 0.15) is 87.7 Å². The highest BCUT2D eigenvalue weighted by atomic mass is 16.5. The Kier molecular flexibility index (Phi) is 5.37. The van der Waals surface area contributed by atoms with Crippen molar-refractivity contribution in [1.29, 1.82) is 0 Å². The number of primary amides is 1. The minimum atomic E-state index is -0.388. The molecule has 4 atom stereocenters. The zero-order chi connectivity index (χ0) is 19.1. The van der Waals surface area contributed by atoms with Crippen LogP contribution in [0.25, 0.3) is 0 Å². The number of hydrogen-bond acceptors (Lipinski definition) is 2. The molecule has 0 saturated heterocycles. The van der Waals surface area contributed by atoms with Gasteiger partial charge in [0.1, 0.15) is 5.75 Å². The maximum Gasteiger partial charge on any atom is 0.252 e. The number of ether oxygens (including phenoxy) is 1. The molecule has 26 heavy (non-hydrogen) atoms. The molecule has 0 heterocycles. The number of amides is 1. The van der Waals surface area contributed by atoms with E-state index >= 15 is 0 Å². The Hall–Kier alpha value is -1.51. The number of carbonyl (C=O) groups excluding carboxylic acids is 1. The fourth-order valence-electron chi connectivity index (χ4n) is 5.90. The van der Waals surface area contributed by atoms with Crippen LogP contribution in [0.2, 0.25) is 0 Å². The molecule has 2 N–H and O–H groups in total. The van der Waals surface area contributed by atoms with Gasteiger partial charge in [-0.05, 0) is 85.0 Å². The van der Waals surface area contributed by atoms with Crippen LogP contribution in [0.5, 0.6) is 5.75 Å². The molecule has 1 fully saturated rings. The van der Waals surface area contributed by atoms with E-state index in [-0.39, 0.29) is 5.91 Å². The summed E-state index contributed by atoms with van der Waals surface area (Å²) in [5, 5.41) is 0. The third kappa shape index (κ3) is 3.04. The lowest BCUT2D eigenvalue weighted by Gasteiger charge is -2.54. The standard InChI is InChI=1S/C23H35NO2/c1-6-20-17-9-8-15-12-19(22(24)25)21(26-7-2)13-18(15)16(17)10-11-23(20,5)14(3)4/h12-14,16-17,20H,6-11H2,1-5H3,(H2,24,25). The summed E-state index contributed by atoms with van der Waals surface area (Å²) < 4.78 is 5.78. The quantitative estimate of drug-likeness (QED) is 0.776. The molecule has 2 aliphatic carbocycles. The lowest BCUT2D eigenvalue weighted by atomic mass is 9.51. The third-order valence-corrected chi connectivity index (χ3v) is 7.59. The van der Waals surface area contributed by atoms with Gasteiger partial charge in [0.05, 0.1) is 12.2 Å². The van der Waals surface area contributed by atoms with E-state index in [1.807, 2.05) is 13.0 Å². The average molecular weight is 358 g/mol. The van der Waals surface area contributed by atoms with Crippen LogP contribution in [0.15, 0.2) is 12.1 Å². The van der Waals surface area contributed by atoms with Crippen molar-refractivity contribution in [3.63, 3.8) is 0 Å². The smallest absolute Gasteiger partial charge is 0.252 e. The highest BCUT2D eigenvalue weighted by molar-refractivity contribution is 5.96. The van der Waals surface area contributed by atoms with Crippen molar-refractivity contribution in [3.05, 3.63) is 28.8 Å². The second-order valence-electron chi connectivity index (χ2n) is 8.87. The zero-order valence-electron chi connectivity index (χ0n) is 17.1. The first kappa shape index (κ1) is 19.3. The average Bonchev–Trinajstić information content (AvgIpc) is 2.60. The van der Waals surface area contributed by atoms with E-state index in [4.69, 9.17) is 10.5 Å². The monoisotopic (exact) mass is 357 g/mol. The van der Waals surface area contributed by atoms with Crippen LogP contribution < -0.4 is 10.5 Å².